The van der Waals surface area contributed by atoms with E-state index >= 15 is 0 Å². The first-order chi connectivity index (χ1) is 9.11. The molecule has 3 nitrogen and oxygen atoms in total. The Bertz CT molecular complexity index is 548. The molecule has 0 aliphatic heterocycles. The molecule has 2 heterocycles. The molecule has 0 saturated carbocycles. The molecule has 0 amide bonds. The maximum Gasteiger partial charge on any atom is 0.0767 e. The molecule has 0 unspecified atom stereocenters. The Kier molecular flexibility index (Phi) is 5.62. The minimum absolute atomic E-state index is 0.844. The van der Waals surface area contributed by atoms with E-state index in [2.05, 4.69) is 61.3 Å². The van der Waals surface area contributed by atoms with Gasteiger partial charge >= 0.3 is 0 Å². The van der Waals surface area contributed by atoms with Gasteiger partial charge in [0.25, 0.3) is 0 Å². The smallest absolute Gasteiger partial charge is 0.0767 e. The van der Waals surface area contributed by atoms with E-state index in [1.165, 1.54) is 14.4 Å². The van der Waals surface area contributed by atoms with Crippen molar-refractivity contribution in [3.8, 4) is 0 Å². The number of aryl methyl sites for hydroxylation is 2. The maximum atomic E-state index is 4.49. The fourth-order valence-electron chi connectivity index (χ4n) is 1.92. The van der Waals surface area contributed by atoms with Gasteiger partial charge in [-0.3, -0.25) is 4.68 Å². The predicted octanol–water partition coefficient (Wildman–Crippen LogP) is 3.90. The zero-order chi connectivity index (χ0) is 13.8. The van der Waals surface area contributed by atoms with Crippen LogP contribution >= 0.6 is 43.2 Å². The van der Waals surface area contributed by atoms with Gasteiger partial charge in [0.1, 0.15) is 0 Å². The molecular formula is C13H17Br2N3S. The van der Waals surface area contributed by atoms with E-state index in [9.17, 15) is 0 Å². The molecule has 104 valence electrons. The molecule has 0 aliphatic carbocycles. The summed E-state index contributed by atoms with van der Waals surface area (Å²) in [5.41, 5.74) is 2.34. The van der Waals surface area contributed by atoms with Gasteiger partial charge in [0.05, 0.1) is 19.6 Å². The molecule has 0 saturated heterocycles. The Labute approximate surface area is 134 Å². The third-order valence-corrected chi connectivity index (χ3v) is 5.57. The zero-order valence-electron chi connectivity index (χ0n) is 11.0. The molecular weight excluding hydrogens is 390 g/mol. The average Bonchev–Trinajstić information content (AvgIpc) is 2.91. The fraction of sp³-hybridized carbons (Fsp3) is 0.462. The number of aromatic nitrogens is 2. The van der Waals surface area contributed by atoms with Crippen molar-refractivity contribution in [2.24, 2.45) is 7.05 Å². The topological polar surface area (TPSA) is 29.9 Å². The van der Waals surface area contributed by atoms with Crippen LogP contribution in [0.3, 0.4) is 0 Å². The van der Waals surface area contributed by atoms with E-state index in [-0.39, 0.29) is 0 Å². The highest BCUT2D eigenvalue weighted by molar-refractivity contribution is 9.11. The molecule has 0 atom stereocenters. The molecule has 6 heteroatoms. The summed E-state index contributed by atoms with van der Waals surface area (Å²) in [4.78, 5) is 1.40. The normalized spacial score (nSPS) is 11.2. The van der Waals surface area contributed by atoms with Crippen LogP contribution < -0.4 is 5.32 Å². The lowest BCUT2D eigenvalue weighted by atomic mass is 10.3. The van der Waals surface area contributed by atoms with Gasteiger partial charge in [0.15, 0.2) is 0 Å². The molecule has 0 bridgehead atoms. The van der Waals surface area contributed by atoms with Crippen molar-refractivity contribution in [3.05, 3.63) is 36.7 Å². The summed E-state index contributed by atoms with van der Waals surface area (Å²) in [5.74, 6) is 0. The summed E-state index contributed by atoms with van der Waals surface area (Å²) in [7, 11) is 2.00. The molecule has 0 spiro atoms. The van der Waals surface area contributed by atoms with Crippen LogP contribution in [0.15, 0.2) is 20.4 Å². The van der Waals surface area contributed by atoms with Crippen molar-refractivity contribution in [2.45, 2.75) is 26.3 Å². The summed E-state index contributed by atoms with van der Waals surface area (Å²) in [6, 6.07) is 4.27. The number of thiophene rings is 1. The lowest BCUT2D eigenvalue weighted by molar-refractivity contribution is 0.623. The quantitative estimate of drug-likeness (QED) is 0.737. The molecule has 2 aromatic rings. The second-order valence-electron chi connectivity index (χ2n) is 4.32. The first-order valence-corrected chi connectivity index (χ1v) is 8.67. The van der Waals surface area contributed by atoms with Gasteiger partial charge in [0.2, 0.25) is 0 Å². The number of rotatable bonds is 6. The third-order valence-electron chi connectivity index (χ3n) is 2.97. The highest BCUT2D eigenvalue weighted by Gasteiger charge is 2.11. The van der Waals surface area contributed by atoms with Crippen LogP contribution in [0, 0.1) is 0 Å². The molecule has 2 aromatic heterocycles. The van der Waals surface area contributed by atoms with Gasteiger partial charge in [0, 0.05) is 25.0 Å². The zero-order valence-corrected chi connectivity index (χ0v) is 15.0. The van der Waals surface area contributed by atoms with Crippen LogP contribution in [0.4, 0.5) is 0 Å². The standard InChI is InChI=1S/C13H17Br2N3S/c1-3-10-13(15)11(18(2)17-10)8-16-7-6-9-4-5-12(14)19-9/h4-5,16H,3,6-8H2,1-2H3. The van der Waals surface area contributed by atoms with E-state index in [0.717, 1.165) is 36.1 Å². The highest BCUT2D eigenvalue weighted by Crippen LogP contribution is 2.23. The summed E-state index contributed by atoms with van der Waals surface area (Å²) >= 11 is 8.92. The Morgan fingerprint density at radius 1 is 1.37 bits per heavy atom. The maximum absolute atomic E-state index is 4.49. The second kappa shape index (κ2) is 7.02. The van der Waals surface area contributed by atoms with Crippen LogP contribution in [-0.4, -0.2) is 16.3 Å². The van der Waals surface area contributed by atoms with Crippen LogP contribution in [0.5, 0.6) is 0 Å². The van der Waals surface area contributed by atoms with E-state index in [4.69, 9.17) is 0 Å². The van der Waals surface area contributed by atoms with Crippen LogP contribution in [-0.2, 0) is 26.4 Å². The van der Waals surface area contributed by atoms with E-state index < -0.39 is 0 Å². The van der Waals surface area contributed by atoms with E-state index in [1.54, 1.807) is 11.3 Å². The fourth-order valence-corrected chi connectivity index (χ4v) is 4.16. The average molecular weight is 407 g/mol. The number of hydrogen-bond acceptors (Lipinski definition) is 3. The molecule has 0 aromatic carbocycles. The van der Waals surface area contributed by atoms with Crippen molar-refractivity contribution >= 4 is 43.2 Å². The summed E-state index contributed by atoms with van der Waals surface area (Å²) in [6.07, 6.45) is 2.02. The van der Waals surface area contributed by atoms with Crippen LogP contribution in [0.1, 0.15) is 23.2 Å². The minimum Gasteiger partial charge on any atom is -0.311 e. The lowest BCUT2D eigenvalue weighted by Gasteiger charge is -2.05. The van der Waals surface area contributed by atoms with E-state index in [0.29, 0.717) is 0 Å². The van der Waals surface area contributed by atoms with Crippen molar-refractivity contribution in [2.75, 3.05) is 6.54 Å². The Hall–Kier alpha value is -0.170. The Balaban J connectivity index is 1.84. The van der Waals surface area contributed by atoms with Gasteiger partial charge in [-0.1, -0.05) is 6.92 Å². The highest BCUT2D eigenvalue weighted by atomic mass is 79.9. The third kappa shape index (κ3) is 3.90. The predicted molar refractivity (Wildman–Crippen MR) is 87.7 cm³/mol. The van der Waals surface area contributed by atoms with Crippen molar-refractivity contribution in [3.63, 3.8) is 0 Å². The lowest BCUT2D eigenvalue weighted by Crippen LogP contribution is -2.18. The van der Waals surface area contributed by atoms with E-state index in [1.807, 2.05) is 11.7 Å². The second-order valence-corrected chi connectivity index (χ2v) is 7.66. The van der Waals surface area contributed by atoms with Gasteiger partial charge in [-0.05, 0) is 56.8 Å². The number of hydrogen-bond donors (Lipinski definition) is 1. The Morgan fingerprint density at radius 3 is 2.74 bits per heavy atom. The minimum atomic E-state index is 0.844. The Morgan fingerprint density at radius 2 is 2.16 bits per heavy atom. The van der Waals surface area contributed by atoms with Gasteiger partial charge < -0.3 is 5.32 Å². The van der Waals surface area contributed by atoms with Crippen LogP contribution in [0.25, 0.3) is 0 Å². The summed E-state index contributed by atoms with van der Waals surface area (Å²) < 4.78 is 4.30. The van der Waals surface area contributed by atoms with Crippen molar-refractivity contribution in [1.82, 2.24) is 15.1 Å². The number of nitrogens with one attached hydrogen (secondary N) is 1. The largest absolute Gasteiger partial charge is 0.311 e. The number of halogens is 2. The number of nitrogens with zero attached hydrogens (tertiary/aromatic N) is 2. The van der Waals surface area contributed by atoms with Crippen molar-refractivity contribution < 1.29 is 0 Å². The molecule has 0 fully saturated rings. The molecule has 0 radical (unpaired) electrons. The van der Waals surface area contributed by atoms with Crippen LogP contribution in [0.2, 0.25) is 0 Å². The summed E-state index contributed by atoms with van der Waals surface area (Å²) in [5, 5.41) is 7.97. The molecule has 1 N–H and O–H groups in total. The molecule has 2 rings (SSSR count). The first kappa shape index (κ1) is 15.2. The summed E-state index contributed by atoms with van der Waals surface area (Å²) in [6.45, 7) is 3.95. The monoisotopic (exact) mass is 405 g/mol. The van der Waals surface area contributed by atoms with Gasteiger partial charge in [-0.2, -0.15) is 5.10 Å². The van der Waals surface area contributed by atoms with Gasteiger partial charge in [-0.25, -0.2) is 0 Å². The molecule has 19 heavy (non-hydrogen) atoms. The van der Waals surface area contributed by atoms with Gasteiger partial charge in [-0.15, -0.1) is 11.3 Å². The van der Waals surface area contributed by atoms with Crippen molar-refractivity contribution in [1.29, 1.82) is 0 Å². The molecule has 0 aliphatic rings. The SMILES string of the molecule is CCc1nn(C)c(CNCCc2ccc(Br)s2)c1Br. The first-order valence-electron chi connectivity index (χ1n) is 6.27.